The summed E-state index contributed by atoms with van der Waals surface area (Å²) in [6.07, 6.45) is 1.84. The molecule has 18 heavy (non-hydrogen) atoms. The lowest BCUT2D eigenvalue weighted by Gasteiger charge is -2.23. The molecule has 2 N–H and O–H groups in total. The molecule has 0 bridgehead atoms. The fourth-order valence-corrected chi connectivity index (χ4v) is 2.81. The molecule has 0 aliphatic heterocycles. The molecular weight excluding hydrogens is 218 g/mol. The van der Waals surface area contributed by atoms with E-state index in [1.165, 1.54) is 33.0 Å². The van der Waals surface area contributed by atoms with Crippen LogP contribution in [-0.4, -0.2) is 0 Å². The highest BCUT2D eigenvalue weighted by Gasteiger charge is 2.19. The van der Waals surface area contributed by atoms with Gasteiger partial charge in [0, 0.05) is 5.70 Å². The van der Waals surface area contributed by atoms with Crippen LogP contribution in [-0.2, 0) is 12.8 Å². The molecule has 0 aromatic heterocycles. The van der Waals surface area contributed by atoms with Crippen molar-refractivity contribution in [3.63, 3.8) is 0 Å². The van der Waals surface area contributed by atoms with Gasteiger partial charge in [0.1, 0.15) is 0 Å². The van der Waals surface area contributed by atoms with Gasteiger partial charge in [-0.25, -0.2) is 0 Å². The number of nitrogens with two attached hydrogens (primary N) is 1. The predicted octanol–water partition coefficient (Wildman–Crippen LogP) is 3.73. The Labute approximate surface area is 108 Å². The summed E-state index contributed by atoms with van der Waals surface area (Å²) >= 11 is 0. The van der Waals surface area contributed by atoms with Crippen LogP contribution in [0.15, 0.2) is 59.8 Å². The molecule has 0 fully saturated rings. The van der Waals surface area contributed by atoms with E-state index in [0.717, 1.165) is 18.5 Å². The van der Waals surface area contributed by atoms with E-state index in [0.29, 0.717) is 0 Å². The molecule has 1 nitrogen and oxygen atoms in total. The summed E-state index contributed by atoms with van der Waals surface area (Å²) in [5.74, 6) is 0. The van der Waals surface area contributed by atoms with Crippen LogP contribution in [0.1, 0.15) is 18.1 Å². The molecule has 0 radical (unpaired) electrons. The van der Waals surface area contributed by atoms with Gasteiger partial charge >= 0.3 is 0 Å². The molecule has 1 aliphatic rings. The van der Waals surface area contributed by atoms with Gasteiger partial charge in [0.05, 0.1) is 0 Å². The van der Waals surface area contributed by atoms with E-state index in [1.807, 2.05) is 6.92 Å². The van der Waals surface area contributed by atoms with Gasteiger partial charge in [-0.05, 0) is 52.8 Å². The van der Waals surface area contributed by atoms with Crippen LogP contribution in [0.2, 0.25) is 0 Å². The lowest BCUT2D eigenvalue weighted by molar-refractivity contribution is 0.969. The van der Waals surface area contributed by atoms with E-state index < -0.39 is 0 Å². The van der Waals surface area contributed by atoms with Gasteiger partial charge in [0.15, 0.2) is 0 Å². The van der Waals surface area contributed by atoms with Crippen molar-refractivity contribution in [2.45, 2.75) is 19.8 Å². The molecule has 2 aromatic rings. The van der Waals surface area contributed by atoms with Crippen molar-refractivity contribution in [3.05, 3.63) is 70.9 Å². The fraction of sp³-hybridized carbons (Fsp3) is 0.176. The summed E-state index contributed by atoms with van der Waals surface area (Å²) < 4.78 is 0. The van der Waals surface area contributed by atoms with Crippen molar-refractivity contribution >= 4 is 10.8 Å². The molecule has 3 rings (SSSR count). The minimum absolute atomic E-state index is 0.902. The minimum Gasteiger partial charge on any atom is -0.402 e. The van der Waals surface area contributed by atoms with Gasteiger partial charge in [-0.2, -0.15) is 0 Å². The van der Waals surface area contributed by atoms with Gasteiger partial charge in [0.25, 0.3) is 0 Å². The zero-order chi connectivity index (χ0) is 12.7. The van der Waals surface area contributed by atoms with Crippen molar-refractivity contribution in [1.82, 2.24) is 0 Å². The highest BCUT2D eigenvalue weighted by Crippen LogP contribution is 2.33. The van der Waals surface area contributed by atoms with Crippen molar-refractivity contribution in [3.8, 4) is 0 Å². The van der Waals surface area contributed by atoms with Crippen LogP contribution in [0.4, 0.5) is 0 Å². The Hall–Kier alpha value is -2.02. The lowest BCUT2D eigenvalue weighted by Crippen LogP contribution is -2.12. The third-order valence-corrected chi connectivity index (χ3v) is 3.80. The van der Waals surface area contributed by atoms with Gasteiger partial charge in [0.2, 0.25) is 0 Å². The lowest BCUT2D eigenvalue weighted by atomic mass is 9.82. The average Bonchev–Trinajstić information content (AvgIpc) is 2.37. The largest absolute Gasteiger partial charge is 0.402 e. The molecule has 0 amide bonds. The first kappa shape index (κ1) is 11.1. The van der Waals surface area contributed by atoms with Gasteiger partial charge in [-0.15, -0.1) is 0 Å². The SMILES string of the molecule is C=C1Cc2c(ccc3ccccc23)C/C1=C(/C)N. The third-order valence-electron chi connectivity index (χ3n) is 3.80. The summed E-state index contributed by atoms with van der Waals surface area (Å²) in [4.78, 5) is 0. The first-order valence-electron chi connectivity index (χ1n) is 6.29. The highest BCUT2D eigenvalue weighted by atomic mass is 14.6. The van der Waals surface area contributed by atoms with Gasteiger partial charge in [-0.3, -0.25) is 0 Å². The molecule has 1 heteroatoms. The molecule has 90 valence electrons. The molecule has 0 spiro atoms. The van der Waals surface area contributed by atoms with Crippen molar-refractivity contribution in [2.75, 3.05) is 0 Å². The summed E-state index contributed by atoms with van der Waals surface area (Å²) in [5.41, 5.74) is 12.0. The van der Waals surface area contributed by atoms with Crippen LogP contribution in [0.5, 0.6) is 0 Å². The van der Waals surface area contributed by atoms with E-state index >= 15 is 0 Å². The summed E-state index contributed by atoms with van der Waals surface area (Å²) in [7, 11) is 0. The Balaban J connectivity index is 2.24. The highest BCUT2D eigenvalue weighted by molar-refractivity contribution is 5.87. The number of hydrogen-bond acceptors (Lipinski definition) is 1. The van der Waals surface area contributed by atoms with E-state index in [4.69, 9.17) is 5.73 Å². The van der Waals surface area contributed by atoms with Crippen molar-refractivity contribution < 1.29 is 0 Å². The van der Waals surface area contributed by atoms with Gasteiger partial charge in [-0.1, -0.05) is 43.0 Å². The average molecular weight is 235 g/mol. The molecule has 0 unspecified atom stereocenters. The van der Waals surface area contributed by atoms with Crippen LogP contribution in [0.25, 0.3) is 10.8 Å². The second-order valence-electron chi connectivity index (χ2n) is 5.04. The molecule has 2 aromatic carbocycles. The van der Waals surface area contributed by atoms with Gasteiger partial charge < -0.3 is 5.73 Å². The van der Waals surface area contributed by atoms with E-state index in [1.54, 1.807) is 0 Å². The zero-order valence-electron chi connectivity index (χ0n) is 10.7. The Morgan fingerprint density at radius 3 is 2.67 bits per heavy atom. The minimum atomic E-state index is 0.902. The second-order valence-corrected chi connectivity index (χ2v) is 5.04. The number of rotatable bonds is 0. The van der Waals surface area contributed by atoms with Crippen LogP contribution in [0.3, 0.4) is 0 Å². The quantitative estimate of drug-likeness (QED) is 0.739. The Bertz CT molecular complexity index is 673. The molecule has 1 aliphatic carbocycles. The zero-order valence-corrected chi connectivity index (χ0v) is 10.7. The first-order chi connectivity index (χ1) is 8.66. The molecule has 0 atom stereocenters. The maximum Gasteiger partial charge on any atom is 0.00875 e. The molecular formula is C17H17N. The fourth-order valence-electron chi connectivity index (χ4n) is 2.81. The summed E-state index contributed by atoms with van der Waals surface area (Å²) in [6.45, 7) is 6.15. The van der Waals surface area contributed by atoms with Crippen LogP contribution < -0.4 is 5.73 Å². The Morgan fingerprint density at radius 2 is 1.89 bits per heavy atom. The second kappa shape index (κ2) is 4.02. The maximum atomic E-state index is 5.95. The smallest absolute Gasteiger partial charge is 0.00875 e. The predicted molar refractivity (Wildman–Crippen MR) is 77.4 cm³/mol. The van der Waals surface area contributed by atoms with E-state index in [2.05, 4.69) is 43.0 Å². The normalized spacial score (nSPS) is 17.7. The van der Waals surface area contributed by atoms with E-state index in [9.17, 15) is 0 Å². The number of hydrogen-bond donors (Lipinski definition) is 1. The summed E-state index contributed by atoms with van der Waals surface area (Å²) in [5, 5.41) is 2.66. The number of benzene rings is 2. The Morgan fingerprint density at radius 1 is 1.11 bits per heavy atom. The third kappa shape index (κ3) is 1.63. The molecule has 0 saturated heterocycles. The van der Waals surface area contributed by atoms with E-state index in [-0.39, 0.29) is 0 Å². The van der Waals surface area contributed by atoms with Crippen LogP contribution in [0, 0.1) is 0 Å². The Kier molecular flexibility index (Phi) is 2.48. The maximum absolute atomic E-state index is 5.95. The van der Waals surface area contributed by atoms with Crippen molar-refractivity contribution in [1.29, 1.82) is 0 Å². The summed E-state index contributed by atoms with van der Waals surface area (Å²) in [6, 6.07) is 13.0. The monoisotopic (exact) mass is 235 g/mol. The standard InChI is InChI=1S/C17H17N/c1-11-9-17-14(10-16(11)12(2)18)8-7-13-5-3-4-6-15(13)17/h3-8H,1,9-10,18H2,2H3/b16-12+. The number of fused-ring (bicyclic) bond motifs is 3. The first-order valence-corrected chi connectivity index (χ1v) is 6.29. The topological polar surface area (TPSA) is 26.0 Å². The molecule has 0 saturated carbocycles. The molecule has 0 heterocycles. The number of allylic oxidation sites excluding steroid dienone is 3. The van der Waals surface area contributed by atoms with Crippen molar-refractivity contribution in [2.24, 2.45) is 5.73 Å². The van der Waals surface area contributed by atoms with Crippen LogP contribution >= 0.6 is 0 Å².